The molecule has 0 aliphatic rings. The number of nitrogens with zero attached hydrogens (tertiary/aromatic N) is 1. The Hall–Kier alpha value is -2.21. The number of nitrogens with one attached hydrogen (secondary N) is 1. The van der Waals surface area contributed by atoms with E-state index < -0.39 is 0 Å². The summed E-state index contributed by atoms with van der Waals surface area (Å²) in [5, 5.41) is 3.40. The predicted octanol–water partition coefficient (Wildman–Crippen LogP) is 3.49. The summed E-state index contributed by atoms with van der Waals surface area (Å²) < 4.78 is 5.40. The van der Waals surface area contributed by atoms with Crippen molar-refractivity contribution in [2.24, 2.45) is 0 Å². The number of rotatable bonds is 8. The van der Waals surface area contributed by atoms with Crippen LogP contribution in [0.2, 0.25) is 0 Å². The zero-order chi connectivity index (χ0) is 16.7. The lowest BCUT2D eigenvalue weighted by Crippen LogP contribution is -2.20. The van der Waals surface area contributed by atoms with Crippen LogP contribution in [0.5, 0.6) is 5.75 Å². The molecule has 23 heavy (non-hydrogen) atoms. The molecule has 0 aliphatic carbocycles. The lowest BCUT2D eigenvalue weighted by atomic mass is 10.2. The molecule has 5 nitrogen and oxygen atoms in total. The van der Waals surface area contributed by atoms with E-state index in [1.54, 1.807) is 24.3 Å². The summed E-state index contributed by atoms with van der Waals surface area (Å²) in [5.74, 6) is 0.301. The number of benzene rings is 1. The normalized spacial score (nSPS) is 10.3. The number of carbonyl (C=O) groups excluding carboxylic acids is 2. The van der Waals surface area contributed by atoms with Gasteiger partial charge in [-0.15, -0.1) is 11.3 Å². The van der Waals surface area contributed by atoms with Gasteiger partial charge in [-0.05, 0) is 37.1 Å². The summed E-state index contributed by atoms with van der Waals surface area (Å²) in [6.45, 7) is 4.11. The number of aldehydes is 1. The Labute approximate surface area is 139 Å². The highest BCUT2D eigenvalue weighted by atomic mass is 32.1. The molecular weight excluding hydrogens is 312 g/mol. The Bertz CT molecular complexity index is 665. The van der Waals surface area contributed by atoms with Crippen LogP contribution in [0.4, 0.5) is 5.13 Å². The van der Waals surface area contributed by atoms with Crippen molar-refractivity contribution in [3.05, 3.63) is 40.4 Å². The highest BCUT2D eigenvalue weighted by molar-refractivity contribution is 7.15. The zero-order valence-corrected chi connectivity index (χ0v) is 14.1. The van der Waals surface area contributed by atoms with Crippen LogP contribution >= 0.6 is 11.3 Å². The molecule has 1 N–H and O–H groups in total. The van der Waals surface area contributed by atoms with Gasteiger partial charge in [0.15, 0.2) is 11.7 Å². The van der Waals surface area contributed by atoms with Crippen LogP contribution in [0.15, 0.2) is 24.3 Å². The summed E-state index contributed by atoms with van der Waals surface area (Å²) in [4.78, 5) is 28.2. The van der Waals surface area contributed by atoms with E-state index in [0.29, 0.717) is 16.4 Å². The van der Waals surface area contributed by atoms with Gasteiger partial charge in [0.05, 0.1) is 5.69 Å². The Balaban J connectivity index is 1.89. The fourth-order valence-electron chi connectivity index (χ4n) is 2.09. The SMILES string of the molecule is CCCc1nc(NC(=O)COc2ccc(C=O)cc2)sc1CC. The van der Waals surface area contributed by atoms with Gasteiger partial charge in [-0.1, -0.05) is 20.3 Å². The molecule has 0 radical (unpaired) electrons. The second-order valence-corrected chi connectivity index (χ2v) is 6.10. The largest absolute Gasteiger partial charge is 0.484 e. The van der Waals surface area contributed by atoms with E-state index in [9.17, 15) is 9.59 Å². The van der Waals surface area contributed by atoms with Crippen molar-refractivity contribution in [2.45, 2.75) is 33.1 Å². The van der Waals surface area contributed by atoms with E-state index in [1.165, 1.54) is 16.2 Å². The van der Waals surface area contributed by atoms with Crippen molar-refractivity contribution in [3.63, 3.8) is 0 Å². The van der Waals surface area contributed by atoms with E-state index in [0.717, 1.165) is 31.2 Å². The molecule has 6 heteroatoms. The van der Waals surface area contributed by atoms with Crippen LogP contribution in [0.1, 0.15) is 41.2 Å². The maximum Gasteiger partial charge on any atom is 0.264 e. The first-order valence-corrected chi connectivity index (χ1v) is 8.44. The van der Waals surface area contributed by atoms with Gasteiger partial charge in [-0.3, -0.25) is 14.9 Å². The van der Waals surface area contributed by atoms with Gasteiger partial charge >= 0.3 is 0 Å². The predicted molar refractivity (Wildman–Crippen MR) is 91.4 cm³/mol. The van der Waals surface area contributed by atoms with Crippen molar-refractivity contribution in [3.8, 4) is 5.75 Å². The quantitative estimate of drug-likeness (QED) is 0.751. The average molecular weight is 332 g/mol. The number of aryl methyl sites for hydroxylation is 2. The topological polar surface area (TPSA) is 68.3 Å². The maximum absolute atomic E-state index is 12.0. The van der Waals surface area contributed by atoms with Gasteiger partial charge in [-0.25, -0.2) is 4.98 Å². The number of ether oxygens (including phenoxy) is 1. The molecule has 1 amide bonds. The van der Waals surface area contributed by atoms with E-state index in [4.69, 9.17) is 4.74 Å². The van der Waals surface area contributed by atoms with Gasteiger partial charge in [0.1, 0.15) is 12.0 Å². The summed E-state index contributed by atoms with van der Waals surface area (Å²) >= 11 is 1.52. The van der Waals surface area contributed by atoms with E-state index in [1.807, 2.05) is 0 Å². The van der Waals surface area contributed by atoms with Crippen LogP contribution in [0, 0.1) is 0 Å². The molecule has 1 heterocycles. The summed E-state index contributed by atoms with van der Waals surface area (Å²) in [7, 11) is 0. The highest BCUT2D eigenvalue weighted by Crippen LogP contribution is 2.24. The van der Waals surface area contributed by atoms with Gasteiger partial charge in [-0.2, -0.15) is 0 Å². The van der Waals surface area contributed by atoms with Gasteiger partial charge in [0.25, 0.3) is 5.91 Å². The number of amides is 1. The maximum atomic E-state index is 12.0. The fourth-order valence-corrected chi connectivity index (χ4v) is 3.06. The minimum absolute atomic E-state index is 0.0927. The molecule has 0 spiro atoms. The number of anilines is 1. The number of carbonyl (C=O) groups is 2. The summed E-state index contributed by atoms with van der Waals surface area (Å²) in [6.07, 6.45) is 3.64. The molecule has 2 rings (SSSR count). The second-order valence-electron chi connectivity index (χ2n) is 5.02. The van der Waals surface area contributed by atoms with E-state index in [2.05, 4.69) is 24.1 Å². The van der Waals surface area contributed by atoms with Gasteiger partial charge in [0.2, 0.25) is 0 Å². The number of aromatic nitrogens is 1. The average Bonchev–Trinajstić information content (AvgIpc) is 2.95. The molecule has 0 unspecified atom stereocenters. The smallest absolute Gasteiger partial charge is 0.264 e. The minimum atomic E-state index is -0.246. The molecule has 0 atom stereocenters. The molecule has 2 aromatic rings. The Morgan fingerprint density at radius 2 is 2.04 bits per heavy atom. The Morgan fingerprint density at radius 3 is 2.65 bits per heavy atom. The first kappa shape index (κ1) is 17.1. The van der Waals surface area contributed by atoms with Gasteiger partial charge < -0.3 is 4.74 Å². The standard InChI is InChI=1S/C17H20N2O3S/c1-3-5-14-15(4-2)23-17(18-14)19-16(21)11-22-13-8-6-12(10-20)7-9-13/h6-10H,3-5,11H2,1-2H3,(H,18,19,21). The third-order valence-corrected chi connectivity index (χ3v) is 4.38. The van der Waals surface area contributed by atoms with Crippen LogP contribution in [-0.2, 0) is 17.6 Å². The van der Waals surface area contributed by atoms with Crippen molar-refractivity contribution in [2.75, 3.05) is 11.9 Å². The first-order valence-electron chi connectivity index (χ1n) is 7.62. The van der Waals surface area contributed by atoms with Crippen LogP contribution < -0.4 is 10.1 Å². The molecule has 122 valence electrons. The highest BCUT2D eigenvalue weighted by Gasteiger charge is 2.12. The zero-order valence-electron chi connectivity index (χ0n) is 13.3. The van der Waals surface area contributed by atoms with Crippen LogP contribution in [0.3, 0.4) is 0 Å². The third-order valence-electron chi connectivity index (χ3n) is 3.22. The van der Waals surface area contributed by atoms with Gasteiger partial charge in [0, 0.05) is 10.4 Å². The van der Waals surface area contributed by atoms with Crippen molar-refractivity contribution in [1.29, 1.82) is 0 Å². The van der Waals surface area contributed by atoms with Crippen LogP contribution in [0.25, 0.3) is 0 Å². The van der Waals surface area contributed by atoms with Crippen molar-refractivity contribution < 1.29 is 14.3 Å². The Morgan fingerprint density at radius 1 is 1.30 bits per heavy atom. The molecule has 0 bridgehead atoms. The molecule has 0 saturated heterocycles. The Kier molecular flexibility index (Phi) is 6.29. The molecule has 1 aromatic carbocycles. The minimum Gasteiger partial charge on any atom is -0.484 e. The second kappa shape index (κ2) is 8.43. The summed E-state index contributed by atoms with van der Waals surface area (Å²) in [6, 6.07) is 6.61. The number of hydrogen-bond donors (Lipinski definition) is 1. The lowest BCUT2D eigenvalue weighted by molar-refractivity contribution is -0.118. The molecule has 0 fully saturated rings. The number of hydrogen-bond acceptors (Lipinski definition) is 5. The van der Waals surface area contributed by atoms with Crippen molar-refractivity contribution >= 4 is 28.7 Å². The van der Waals surface area contributed by atoms with E-state index in [-0.39, 0.29) is 12.5 Å². The number of thiazole rings is 1. The van der Waals surface area contributed by atoms with E-state index >= 15 is 0 Å². The molecular formula is C17H20N2O3S. The van der Waals surface area contributed by atoms with Crippen molar-refractivity contribution in [1.82, 2.24) is 4.98 Å². The molecule has 0 saturated carbocycles. The summed E-state index contributed by atoms with van der Waals surface area (Å²) in [5.41, 5.74) is 1.64. The molecule has 0 aliphatic heterocycles. The first-order chi connectivity index (χ1) is 11.2. The lowest BCUT2D eigenvalue weighted by Gasteiger charge is -2.05. The molecule has 1 aromatic heterocycles. The third kappa shape index (κ3) is 4.89. The van der Waals surface area contributed by atoms with Crippen LogP contribution in [-0.4, -0.2) is 23.8 Å². The monoisotopic (exact) mass is 332 g/mol. The fraction of sp³-hybridized carbons (Fsp3) is 0.353.